The highest BCUT2D eigenvalue weighted by atomic mass is 32.2. The van der Waals surface area contributed by atoms with Gasteiger partial charge < -0.3 is 25.4 Å². The number of methoxy groups -OCH3 is 2. The minimum absolute atomic E-state index is 0.0320. The minimum atomic E-state index is -0.587. The van der Waals surface area contributed by atoms with E-state index in [1.165, 1.54) is 44.2 Å². The zero-order chi connectivity index (χ0) is 33.2. The number of nitrogens with zero attached hydrogens (tertiary/aromatic N) is 1. The Bertz CT molecular complexity index is 1790. The molecule has 0 radical (unpaired) electrons. The number of aryl methyl sites for hydroxylation is 1. The first-order valence-corrected chi connectivity index (χ1v) is 14.9. The molecule has 1 unspecified atom stereocenters. The van der Waals surface area contributed by atoms with Crippen LogP contribution in [0.1, 0.15) is 28.4 Å². The Kier molecular flexibility index (Phi) is 11.1. The summed E-state index contributed by atoms with van der Waals surface area (Å²) in [5.74, 6) is -0.408. The maximum absolute atomic E-state index is 13.6. The molecule has 4 rings (SSSR count). The first kappa shape index (κ1) is 33.3. The van der Waals surface area contributed by atoms with Gasteiger partial charge in [0.25, 0.3) is 17.5 Å². The average molecular weight is 641 g/mol. The molecule has 0 aliphatic carbocycles. The number of nitro groups is 1. The van der Waals surface area contributed by atoms with Crippen molar-refractivity contribution in [2.45, 2.75) is 24.0 Å². The highest BCUT2D eigenvalue weighted by molar-refractivity contribution is 8.00. The van der Waals surface area contributed by atoms with Gasteiger partial charge in [-0.15, -0.1) is 11.8 Å². The molecule has 46 heavy (non-hydrogen) atoms. The number of rotatable bonds is 12. The second-order valence-electron chi connectivity index (χ2n) is 9.97. The summed E-state index contributed by atoms with van der Waals surface area (Å²) in [5, 5.41) is 18.9. The van der Waals surface area contributed by atoms with Gasteiger partial charge in [-0.3, -0.25) is 24.5 Å². The van der Waals surface area contributed by atoms with Crippen LogP contribution < -0.4 is 25.4 Å². The summed E-state index contributed by atoms with van der Waals surface area (Å²) >= 11 is 1.25. The van der Waals surface area contributed by atoms with Gasteiger partial charge in [-0.2, -0.15) is 0 Å². The third-order valence-electron chi connectivity index (χ3n) is 6.73. The number of hydrogen-bond donors (Lipinski definition) is 3. The summed E-state index contributed by atoms with van der Waals surface area (Å²) in [6.07, 6.45) is 1.51. The van der Waals surface area contributed by atoms with E-state index in [0.29, 0.717) is 44.5 Å². The van der Waals surface area contributed by atoms with Crippen molar-refractivity contribution in [2.75, 3.05) is 24.9 Å². The molecule has 0 aliphatic rings. The molecule has 0 spiro atoms. The Morgan fingerprint density at radius 1 is 0.891 bits per heavy atom. The van der Waals surface area contributed by atoms with Gasteiger partial charge in [0.2, 0.25) is 5.91 Å². The molecule has 0 aliphatic heterocycles. The standard InChI is InChI=1S/C34H32N4O7S/c1-21-13-15-26(38(42)43)19-29(21)36-32(39)22(2)46-28-12-8-11-25(18-28)35-34(41)30(37-33(40)23-9-6-5-7-10-23)17-24-14-16-27(44-3)20-31(24)45-4/h5-20,22H,1-4H3,(H,35,41)(H,36,39)(H,37,40)/b30-17+. The summed E-state index contributed by atoms with van der Waals surface area (Å²) in [7, 11) is 3.02. The number of carbonyl (C=O) groups excluding carboxylic acids is 3. The predicted octanol–water partition coefficient (Wildman–Crippen LogP) is 6.45. The van der Waals surface area contributed by atoms with E-state index in [1.807, 2.05) is 0 Å². The van der Waals surface area contributed by atoms with Gasteiger partial charge in [0.15, 0.2) is 0 Å². The molecule has 0 heterocycles. The van der Waals surface area contributed by atoms with Crippen LogP contribution in [0.15, 0.2) is 102 Å². The van der Waals surface area contributed by atoms with Crippen LogP contribution in [0.25, 0.3) is 6.08 Å². The van der Waals surface area contributed by atoms with Gasteiger partial charge >= 0.3 is 0 Å². The summed E-state index contributed by atoms with van der Waals surface area (Å²) < 4.78 is 10.7. The molecule has 3 amide bonds. The molecule has 0 bridgehead atoms. The summed E-state index contributed by atoms with van der Waals surface area (Å²) in [6.45, 7) is 3.46. The van der Waals surface area contributed by atoms with Crippen molar-refractivity contribution in [1.82, 2.24) is 5.32 Å². The van der Waals surface area contributed by atoms with Crippen LogP contribution in [-0.2, 0) is 9.59 Å². The van der Waals surface area contributed by atoms with Crippen molar-refractivity contribution in [1.29, 1.82) is 0 Å². The second kappa shape index (κ2) is 15.4. The van der Waals surface area contributed by atoms with Crippen LogP contribution in [-0.4, -0.2) is 42.1 Å². The van der Waals surface area contributed by atoms with Crippen molar-refractivity contribution in [2.24, 2.45) is 0 Å². The van der Waals surface area contributed by atoms with Gasteiger partial charge in [0.1, 0.15) is 17.2 Å². The third kappa shape index (κ3) is 8.73. The Hall–Kier alpha value is -5.62. The molecular formula is C34H32N4O7S. The Balaban J connectivity index is 1.53. The summed E-state index contributed by atoms with van der Waals surface area (Å²) in [6, 6.07) is 24.8. The van der Waals surface area contributed by atoms with E-state index in [1.54, 1.807) is 92.7 Å². The largest absolute Gasteiger partial charge is 0.497 e. The Morgan fingerprint density at radius 3 is 2.35 bits per heavy atom. The van der Waals surface area contributed by atoms with Crippen molar-refractivity contribution >= 4 is 52.6 Å². The van der Waals surface area contributed by atoms with Crippen LogP contribution in [0.5, 0.6) is 11.5 Å². The van der Waals surface area contributed by atoms with E-state index >= 15 is 0 Å². The monoisotopic (exact) mass is 640 g/mol. The number of nitrogens with one attached hydrogen (secondary N) is 3. The molecule has 4 aromatic rings. The minimum Gasteiger partial charge on any atom is -0.497 e. The smallest absolute Gasteiger partial charge is 0.272 e. The van der Waals surface area contributed by atoms with E-state index in [0.717, 1.165) is 0 Å². The molecule has 0 saturated heterocycles. The van der Waals surface area contributed by atoms with Crippen molar-refractivity contribution in [3.05, 3.63) is 123 Å². The normalized spacial score (nSPS) is 11.6. The first-order chi connectivity index (χ1) is 22.1. The number of ether oxygens (including phenoxy) is 2. The third-order valence-corrected chi connectivity index (χ3v) is 7.83. The van der Waals surface area contributed by atoms with E-state index in [2.05, 4.69) is 16.0 Å². The van der Waals surface area contributed by atoms with Crippen LogP contribution >= 0.6 is 11.8 Å². The van der Waals surface area contributed by atoms with E-state index in [-0.39, 0.29) is 17.3 Å². The Morgan fingerprint density at radius 2 is 1.65 bits per heavy atom. The van der Waals surface area contributed by atoms with E-state index in [9.17, 15) is 24.5 Å². The van der Waals surface area contributed by atoms with Crippen LogP contribution in [0, 0.1) is 17.0 Å². The lowest BCUT2D eigenvalue weighted by Gasteiger charge is -2.15. The molecule has 0 saturated carbocycles. The second-order valence-corrected chi connectivity index (χ2v) is 11.4. The van der Waals surface area contributed by atoms with Crippen molar-refractivity contribution in [3.63, 3.8) is 0 Å². The first-order valence-electron chi connectivity index (χ1n) is 14.0. The zero-order valence-electron chi connectivity index (χ0n) is 25.5. The number of benzene rings is 4. The molecular weight excluding hydrogens is 608 g/mol. The van der Waals surface area contributed by atoms with E-state index < -0.39 is 22.0 Å². The summed E-state index contributed by atoms with van der Waals surface area (Å²) in [4.78, 5) is 50.9. The van der Waals surface area contributed by atoms with E-state index in [4.69, 9.17) is 9.47 Å². The SMILES string of the molecule is COc1ccc(/C=C(/NC(=O)c2ccccc2)C(=O)Nc2cccc(SC(C)C(=O)Nc3cc([N+](=O)[O-])ccc3C)c2)c(OC)c1. The van der Waals surface area contributed by atoms with Crippen LogP contribution in [0.4, 0.5) is 17.1 Å². The lowest BCUT2D eigenvalue weighted by molar-refractivity contribution is -0.384. The number of nitro benzene ring substituents is 1. The van der Waals surface area contributed by atoms with Gasteiger partial charge in [0.05, 0.1) is 30.1 Å². The van der Waals surface area contributed by atoms with Crippen LogP contribution in [0.3, 0.4) is 0 Å². The van der Waals surface area contributed by atoms with Crippen molar-refractivity contribution < 1.29 is 28.8 Å². The molecule has 0 fully saturated rings. The number of anilines is 2. The van der Waals surface area contributed by atoms with Gasteiger partial charge in [-0.1, -0.05) is 30.3 Å². The number of non-ortho nitro benzene ring substituents is 1. The highest BCUT2D eigenvalue weighted by Gasteiger charge is 2.19. The Labute approximate surface area is 270 Å². The topological polar surface area (TPSA) is 149 Å². The number of amides is 3. The van der Waals surface area contributed by atoms with Crippen molar-refractivity contribution in [3.8, 4) is 11.5 Å². The fraction of sp³-hybridized carbons (Fsp3) is 0.147. The van der Waals surface area contributed by atoms with Gasteiger partial charge in [-0.25, -0.2) is 0 Å². The predicted molar refractivity (Wildman–Crippen MR) is 178 cm³/mol. The molecule has 0 aromatic heterocycles. The number of hydrogen-bond acceptors (Lipinski definition) is 8. The summed E-state index contributed by atoms with van der Waals surface area (Å²) in [5.41, 5.74) is 2.23. The molecule has 12 heteroatoms. The lowest BCUT2D eigenvalue weighted by atomic mass is 10.1. The fourth-order valence-corrected chi connectivity index (χ4v) is 5.16. The van der Waals surface area contributed by atoms with Gasteiger partial charge in [-0.05, 0) is 68.0 Å². The average Bonchev–Trinajstić information content (AvgIpc) is 3.05. The molecule has 4 aromatic carbocycles. The molecule has 3 N–H and O–H groups in total. The van der Waals surface area contributed by atoms with Crippen LogP contribution in [0.2, 0.25) is 0 Å². The highest BCUT2D eigenvalue weighted by Crippen LogP contribution is 2.29. The maximum atomic E-state index is 13.6. The molecule has 236 valence electrons. The molecule has 11 nitrogen and oxygen atoms in total. The molecule has 1 atom stereocenters. The lowest BCUT2D eigenvalue weighted by Crippen LogP contribution is -2.30. The number of thioether (sulfide) groups is 1. The fourth-order valence-electron chi connectivity index (χ4n) is 4.23. The maximum Gasteiger partial charge on any atom is 0.272 e. The quantitative estimate of drug-likeness (QED) is 0.0693. The zero-order valence-corrected chi connectivity index (χ0v) is 26.3. The number of carbonyl (C=O) groups is 3. The van der Waals surface area contributed by atoms with Gasteiger partial charge in [0, 0.05) is 39.9 Å².